The molecule has 1 aromatic rings. The molecule has 1 amide bonds. The first-order chi connectivity index (χ1) is 10.5. The zero-order valence-corrected chi connectivity index (χ0v) is 13.8. The summed E-state index contributed by atoms with van der Waals surface area (Å²) in [4.78, 5) is 27.5. The number of carboxylic acid groups (broad SMARTS) is 1. The Morgan fingerprint density at radius 1 is 1.36 bits per heavy atom. The minimum absolute atomic E-state index is 0.133. The molecule has 1 fully saturated rings. The van der Waals surface area contributed by atoms with Gasteiger partial charge < -0.3 is 10.4 Å². The second kappa shape index (κ2) is 7.63. The van der Waals surface area contributed by atoms with Crippen LogP contribution in [0.4, 0.5) is 0 Å². The average molecular weight is 322 g/mol. The lowest BCUT2D eigenvalue weighted by atomic mass is 9.94. The van der Waals surface area contributed by atoms with Gasteiger partial charge in [0.25, 0.3) is 5.91 Å². The standard InChI is InChI=1S/C16H22N2O3S/c1-3-22-14-7-5-4-6-12(14)18-15(19)13-9-8-11(16(20)21)10(2)17-13/h8-9,12,14H,3-7H2,1-2H3,(H,18,19)(H,20,21). The van der Waals surface area contributed by atoms with Crippen LogP contribution < -0.4 is 5.32 Å². The predicted octanol–water partition coefficient (Wildman–Crippen LogP) is 2.88. The normalized spacial score (nSPS) is 21.4. The lowest BCUT2D eigenvalue weighted by Crippen LogP contribution is -2.44. The van der Waals surface area contributed by atoms with Crippen LogP contribution in [0, 0.1) is 6.92 Å². The first kappa shape index (κ1) is 16.8. The van der Waals surface area contributed by atoms with Gasteiger partial charge in [-0.15, -0.1) is 0 Å². The minimum atomic E-state index is -1.02. The second-order valence-electron chi connectivity index (χ2n) is 5.49. The fourth-order valence-electron chi connectivity index (χ4n) is 2.83. The van der Waals surface area contributed by atoms with Crippen LogP contribution in [0.5, 0.6) is 0 Å². The Hall–Kier alpha value is -1.56. The Morgan fingerprint density at radius 3 is 2.73 bits per heavy atom. The summed E-state index contributed by atoms with van der Waals surface area (Å²) in [6.07, 6.45) is 4.48. The first-order valence-corrected chi connectivity index (χ1v) is 8.71. The molecule has 5 nitrogen and oxygen atoms in total. The van der Waals surface area contributed by atoms with Gasteiger partial charge >= 0.3 is 5.97 Å². The number of amides is 1. The first-order valence-electron chi connectivity index (χ1n) is 7.66. The Kier molecular flexibility index (Phi) is 5.83. The molecule has 0 radical (unpaired) electrons. The number of aryl methyl sites for hydroxylation is 1. The number of aromatic carboxylic acids is 1. The van der Waals surface area contributed by atoms with Crippen molar-refractivity contribution < 1.29 is 14.7 Å². The van der Waals surface area contributed by atoms with E-state index < -0.39 is 5.97 Å². The van der Waals surface area contributed by atoms with Crippen molar-refractivity contribution in [2.24, 2.45) is 0 Å². The van der Waals surface area contributed by atoms with E-state index in [0.717, 1.165) is 25.0 Å². The van der Waals surface area contributed by atoms with Gasteiger partial charge in [-0.1, -0.05) is 19.8 Å². The molecule has 2 N–H and O–H groups in total. The van der Waals surface area contributed by atoms with E-state index in [-0.39, 0.29) is 23.2 Å². The Labute approximate surface area is 134 Å². The summed E-state index contributed by atoms with van der Waals surface area (Å²) < 4.78 is 0. The van der Waals surface area contributed by atoms with Gasteiger partial charge in [-0.3, -0.25) is 4.79 Å². The number of hydrogen-bond acceptors (Lipinski definition) is 4. The van der Waals surface area contributed by atoms with Crippen molar-refractivity contribution in [3.63, 3.8) is 0 Å². The summed E-state index contributed by atoms with van der Waals surface area (Å²) in [6.45, 7) is 3.74. The van der Waals surface area contributed by atoms with Gasteiger partial charge in [0.1, 0.15) is 5.69 Å². The topological polar surface area (TPSA) is 79.3 Å². The Bertz CT molecular complexity index is 560. The van der Waals surface area contributed by atoms with Crippen molar-refractivity contribution in [3.8, 4) is 0 Å². The molecule has 0 spiro atoms. The molecular weight excluding hydrogens is 300 g/mol. The molecule has 2 atom stereocenters. The quantitative estimate of drug-likeness (QED) is 0.871. The molecule has 0 saturated heterocycles. The Balaban J connectivity index is 2.07. The summed E-state index contributed by atoms with van der Waals surface area (Å²) in [6, 6.07) is 3.10. The number of thioether (sulfide) groups is 1. The van der Waals surface area contributed by atoms with Crippen molar-refractivity contribution in [2.45, 2.75) is 50.8 Å². The van der Waals surface area contributed by atoms with Gasteiger partial charge in [0.15, 0.2) is 0 Å². The number of rotatable bonds is 5. The van der Waals surface area contributed by atoms with Crippen molar-refractivity contribution in [1.29, 1.82) is 0 Å². The van der Waals surface area contributed by atoms with Gasteiger partial charge in [-0.25, -0.2) is 9.78 Å². The molecule has 2 rings (SSSR count). The van der Waals surface area contributed by atoms with E-state index in [2.05, 4.69) is 17.2 Å². The highest BCUT2D eigenvalue weighted by Gasteiger charge is 2.27. The van der Waals surface area contributed by atoms with E-state index >= 15 is 0 Å². The third kappa shape index (κ3) is 4.00. The van der Waals surface area contributed by atoms with Crippen molar-refractivity contribution in [3.05, 3.63) is 29.1 Å². The smallest absolute Gasteiger partial charge is 0.337 e. The van der Waals surface area contributed by atoms with E-state index in [9.17, 15) is 9.59 Å². The molecule has 1 heterocycles. The summed E-state index contributed by atoms with van der Waals surface area (Å²) in [5.41, 5.74) is 0.783. The molecule has 120 valence electrons. The van der Waals surface area contributed by atoms with Crippen LogP contribution in [-0.4, -0.2) is 39.0 Å². The maximum Gasteiger partial charge on any atom is 0.337 e. The van der Waals surface area contributed by atoms with Crippen molar-refractivity contribution in [1.82, 2.24) is 10.3 Å². The van der Waals surface area contributed by atoms with E-state index in [1.54, 1.807) is 6.92 Å². The summed E-state index contributed by atoms with van der Waals surface area (Å²) >= 11 is 1.89. The highest BCUT2D eigenvalue weighted by Crippen LogP contribution is 2.28. The van der Waals surface area contributed by atoms with Crippen molar-refractivity contribution in [2.75, 3.05) is 5.75 Å². The van der Waals surface area contributed by atoms with Gasteiger partial charge in [-0.05, 0) is 37.7 Å². The molecule has 0 aliphatic heterocycles. The van der Waals surface area contributed by atoms with E-state index in [4.69, 9.17) is 5.11 Å². The molecule has 22 heavy (non-hydrogen) atoms. The van der Waals surface area contributed by atoms with Gasteiger partial charge in [0.2, 0.25) is 0 Å². The largest absolute Gasteiger partial charge is 0.478 e. The maximum absolute atomic E-state index is 12.4. The number of carboxylic acids is 1. The number of hydrogen-bond donors (Lipinski definition) is 2. The third-order valence-electron chi connectivity index (χ3n) is 3.95. The molecule has 1 aliphatic carbocycles. The van der Waals surface area contributed by atoms with Crippen LogP contribution in [0.25, 0.3) is 0 Å². The van der Waals surface area contributed by atoms with Crippen LogP contribution >= 0.6 is 11.8 Å². The van der Waals surface area contributed by atoms with Crippen LogP contribution in [0.2, 0.25) is 0 Å². The number of carbonyl (C=O) groups excluding carboxylic acids is 1. The molecule has 1 saturated carbocycles. The minimum Gasteiger partial charge on any atom is -0.478 e. The van der Waals surface area contributed by atoms with E-state index in [1.807, 2.05) is 11.8 Å². The van der Waals surface area contributed by atoms with Crippen LogP contribution in [0.1, 0.15) is 59.1 Å². The average Bonchev–Trinajstić information content (AvgIpc) is 2.49. The number of nitrogens with one attached hydrogen (secondary N) is 1. The summed E-state index contributed by atoms with van der Waals surface area (Å²) in [7, 11) is 0. The molecule has 6 heteroatoms. The molecule has 0 bridgehead atoms. The lowest BCUT2D eigenvalue weighted by molar-refractivity contribution is 0.0694. The van der Waals surface area contributed by atoms with Gasteiger partial charge in [0, 0.05) is 11.3 Å². The van der Waals surface area contributed by atoms with E-state index in [0.29, 0.717) is 10.9 Å². The number of carbonyl (C=O) groups is 2. The fourth-order valence-corrected chi connectivity index (χ4v) is 4.03. The molecule has 1 aromatic heterocycles. The monoisotopic (exact) mass is 322 g/mol. The summed E-state index contributed by atoms with van der Waals surface area (Å²) in [5.74, 6) is -0.195. The second-order valence-corrected chi connectivity index (χ2v) is 7.01. The Morgan fingerprint density at radius 2 is 2.09 bits per heavy atom. The van der Waals surface area contributed by atoms with Crippen molar-refractivity contribution >= 4 is 23.6 Å². The number of pyridine rings is 1. The van der Waals surface area contributed by atoms with Gasteiger partial charge in [0.05, 0.1) is 11.3 Å². The number of aromatic nitrogens is 1. The highest BCUT2D eigenvalue weighted by atomic mass is 32.2. The van der Waals surface area contributed by atoms with Gasteiger partial charge in [-0.2, -0.15) is 11.8 Å². The zero-order valence-electron chi connectivity index (χ0n) is 13.0. The fraction of sp³-hybridized carbons (Fsp3) is 0.562. The summed E-state index contributed by atoms with van der Waals surface area (Å²) in [5, 5.41) is 12.5. The zero-order chi connectivity index (χ0) is 16.1. The SMILES string of the molecule is CCSC1CCCCC1NC(=O)c1ccc(C(=O)O)c(C)n1. The molecule has 0 aromatic carbocycles. The van der Waals surface area contributed by atoms with Crippen LogP contribution in [0.15, 0.2) is 12.1 Å². The lowest BCUT2D eigenvalue weighted by Gasteiger charge is -2.31. The molecule has 2 unspecified atom stereocenters. The van der Waals surface area contributed by atoms with E-state index in [1.165, 1.54) is 18.6 Å². The molecular formula is C16H22N2O3S. The van der Waals surface area contributed by atoms with Crippen LogP contribution in [-0.2, 0) is 0 Å². The van der Waals surface area contributed by atoms with Crippen LogP contribution in [0.3, 0.4) is 0 Å². The highest BCUT2D eigenvalue weighted by molar-refractivity contribution is 7.99. The predicted molar refractivity (Wildman–Crippen MR) is 87.6 cm³/mol. The molecule has 1 aliphatic rings. The maximum atomic E-state index is 12.4. The number of nitrogens with zero attached hydrogens (tertiary/aromatic N) is 1. The third-order valence-corrected chi connectivity index (χ3v) is 5.27.